The Balaban J connectivity index is 1.92. The lowest BCUT2D eigenvalue weighted by Gasteiger charge is -2.25. The Hall–Kier alpha value is -2.34. The molecule has 1 heterocycles. The van der Waals surface area contributed by atoms with Crippen molar-refractivity contribution in [2.24, 2.45) is 0 Å². The molecule has 2 aromatic rings. The number of oxazole rings is 1. The van der Waals surface area contributed by atoms with Crippen LogP contribution in [0.1, 0.15) is 26.2 Å². The molecule has 130 valence electrons. The Morgan fingerprint density at radius 1 is 1.33 bits per heavy atom. The Labute approximate surface area is 142 Å². The average Bonchev–Trinajstić information content (AvgIpc) is 3.00. The summed E-state index contributed by atoms with van der Waals surface area (Å²) in [5.41, 5.74) is -0.00506. The number of carbonyl (C=O) groups is 1. The number of aromatic nitrogens is 1. The predicted molar refractivity (Wildman–Crippen MR) is 90.7 cm³/mol. The Morgan fingerprint density at radius 3 is 2.58 bits per heavy atom. The van der Waals surface area contributed by atoms with Crippen LogP contribution in [0.3, 0.4) is 0 Å². The number of methoxy groups -OCH3 is 1. The van der Waals surface area contributed by atoms with E-state index in [-0.39, 0.29) is 18.9 Å². The topological polar surface area (TPSA) is 75.8 Å². The van der Waals surface area contributed by atoms with Crippen molar-refractivity contribution in [3.8, 4) is 17.1 Å². The molecule has 6 heteroatoms. The van der Waals surface area contributed by atoms with Crippen molar-refractivity contribution in [3.63, 3.8) is 0 Å². The number of aliphatic hydroxyl groups is 1. The number of hydrogen-bond donors (Lipinski definition) is 1. The first-order chi connectivity index (χ1) is 11.3. The minimum absolute atomic E-state index is 0.0543. The number of ether oxygens (including phenoxy) is 1. The SMILES string of the molecule is COc1ccc(-c2cnc(CCC(=O)N(C)CC(C)(C)O)o2)cc1. The fourth-order valence-corrected chi connectivity index (χ4v) is 2.39. The molecule has 0 saturated carbocycles. The molecule has 0 fully saturated rings. The second kappa shape index (κ2) is 7.49. The van der Waals surface area contributed by atoms with Crippen LogP contribution in [0.5, 0.6) is 5.75 Å². The summed E-state index contributed by atoms with van der Waals surface area (Å²) in [7, 11) is 3.30. The fraction of sp³-hybridized carbons (Fsp3) is 0.444. The molecule has 0 saturated heterocycles. The van der Waals surface area contributed by atoms with Crippen molar-refractivity contribution in [1.29, 1.82) is 0 Å². The number of benzene rings is 1. The average molecular weight is 332 g/mol. The third-order valence-corrected chi connectivity index (χ3v) is 3.53. The number of amides is 1. The normalized spacial score (nSPS) is 11.4. The Bertz CT molecular complexity index is 671. The van der Waals surface area contributed by atoms with Crippen molar-refractivity contribution in [1.82, 2.24) is 9.88 Å². The minimum Gasteiger partial charge on any atom is -0.497 e. The first kappa shape index (κ1) is 18.0. The first-order valence-corrected chi connectivity index (χ1v) is 7.84. The summed E-state index contributed by atoms with van der Waals surface area (Å²) >= 11 is 0. The van der Waals surface area contributed by atoms with E-state index in [2.05, 4.69) is 4.98 Å². The Kier molecular flexibility index (Phi) is 5.62. The zero-order valence-electron chi connectivity index (χ0n) is 14.6. The summed E-state index contributed by atoms with van der Waals surface area (Å²) in [5, 5.41) is 9.76. The van der Waals surface area contributed by atoms with E-state index in [1.807, 2.05) is 24.3 Å². The smallest absolute Gasteiger partial charge is 0.222 e. The van der Waals surface area contributed by atoms with Crippen LogP contribution in [0.4, 0.5) is 0 Å². The van der Waals surface area contributed by atoms with Gasteiger partial charge in [0.1, 0.15) is 5.75 Å². The van der Waals surface area contributed by atoms with Gasteiger partial charge in [-0.1, -0.05) is 0 Å². The lowest BCUT2D eigenvalue weighted by Crippen LogP contribution is -2.39. The molecular weight excluding hydrogens is 308 g/mol. The van der Waals surface area contributed by atoms with Gasteiger partial charge in [-0.15, -0.1) is 0 Å². The summed E-state index contributed by atoms with van der Waals surface area (Å²) in [6.07, 6.45) is 2.36. The minimum atomic E-state index is -0.908. The lowest BCUT2D eigenvalue weighted by molar-refractivity contribution is -0.132. The van der Waals surface area contributed by atoms with Gasteiger partial charge in [0.25, 0.3) is 0 Å². The van der Waals surface area contributed by atoms with E-state index in [0.717, 1.165) is 11.3 Å². The quantitative estimate of drug-likeness (QED) is 0.843. The second-order valence-electron chi connectivity index (χ2n) is 6.41. The van der Waals surface area contributed by atoms with Gasteiger partial charge in [0.05, 0.1) is 18.9 Å². The maximum atomic E-state index is 12.1. The molecule has 1 amide bonds. The van der Waals surface area contributed by atoms with Gasteiger partial charge in [-0.25, -0.2) is 4.98 Å². The number of likely N-dealkylation sites (N-methyl/N-ethyl adjacent to an activating group) is 1. The molecule has 24 heavy (non-hydrogen) atoms. The fourth-order valence-electron chi connectivity index (χ4n) is 2.39. The van der Waals surface area contributed by atoms with Crippen molar-refractivity contribution in [2.75, 3.05) is 20.7 Å². The van der Waals surface area contributed by atoms with E-state index in [1.165, 1.54) is 4.90 Å². The van der Waals surface area contributed by atoms with Gasteiger partial charge in [-0.2, -0.15) is 0 Å². The van der Waals surface area contributed by atoms with Crippen LogP contribution < -0.4 is 4.74 Å². The van der Waals surface area contributed by atoms with Crippen molar-refractivity contribution >= 4 is 5.91 Å². The van der Waals surface area contributed by atoms with Crippen LogP contribution >= 0.6 is 0 Å². The zero-order chi connectivity index (χ0) is 17.7. The van der Waals surface area contributed by atoms with Crippen LogP contribution in [0.15, 0.2) is 34.9 Å². The lowest BCUT2D eigenvalue weighted by atomic mass is 10.1. The highest BCUT2D eigenvalue weighted by molar-refractivity contribution is 5.76. The summed E-state index contributed by atoms with van der Waals surface area (Å²) < 4.78 is 10.8. The number of rotatable bonds is 7. The predicted octanol–water partition coefficient (Wildman–Crippen LogP) is 2.51. The van der Waals surface area contributed by atoms with Crippen LogP contribution in [-0.2, 0) is 11.2 Å². The molecule has 0 aliphatic rings. The maximum absolute atomic E-state index is 12.1. The van der Waals surface area contributed by atoms with E-state index in [1.54, 1.807) is 34.2 Å². The van der Waals surface area contributed by atoms with E-state index >= 15 is 0 Å². The summed E-state index contributed by atoms with van der Waals surface area (Å²) in [6, 6.07) is 7.50. The monoisotopic (exact) mass is 332 g/mol. The molecule has 2 rings (SSSR count). The molecule has 1 N–H and O–H groups in total. The van der Waals surface area contributed by atoms with Crippen molar-refractivity contribution in [2.45, 2.75) is 32.3 Å². The van der Waals surface area contributed by atoms with E-state index in [0.29, 0.717) is 18.1 Å². The molecule has 0 atom stereocenters. The molecule has 0 bridgehead atoms. The van der Waals surface area contributed by atoms with Crippen LogP contribution in [0, 0.1) is 0 Å². The summed E-state index contributed by atoms with van der Waals surface area (Å²) in [4.78, 5) is 17.8. The van der Waals surface area contributed by atoms with Gasteiger partial charge < -0.3 is 19.2 Å². The van der Waals surface area contributed by atoms with Crippen molar-refractivity contribution < 1.29 is 19.1 Å². The maximum Gasteiger partial charge on any atom is 0.222 e. The zero-order valence-corrected chi connectivity index (χ0v) is 14.6. The van der Waals surface area contributed by atoms with E-state index < -0.39 is 5.60 Å². The molecule has 0 aliphatic carbocycles. The molecule has 0 unspecified atom stereocenters. The third-order valence-electron chi connectivity index (χ3n) is 3.53. The summed E-state index contributed by atoms with van der Waals surface area (Å²) in [5.74, 6) is 1.90. The van der Waals surface area contributed by atoms with Gasteiger partial charge in [-0.3, -0.25) is 4.79 Å². The van der Waals surface area contributed by atoms with E-state index in [4.69, 9.17) is 9.15 Å². The highest BCUT2D eigenvalue weighted by atomic mass is 16.5. The first-order valence-electron chi connectivity index (χ1n) is 7.84. The van der Waals surface area contributed by atoms with Crippen LogP contribution in [0.25, 0.3) is 11.3 Å². The highest BCUT2D eigenvalue weighted by Crippen LogP contribution is 2.23. The molecular formula is C18H24N2O4. The van der Waals surface area contributed by atoms with Gasteiger partial charge in [0.2, 0.25) is 5.91 Å². The molecule has 1 aromatic heterocycles. The largest absolute Gasteiger partial charge is 0.497 e. The standard InChI is InChI=1S/C18H24N2O4/c1-18(2,22)12-20(3)17(21)10-9-16-19-11-15(24-16)13-5-7-14(23-4)8-6-13/h5-8,11,22H,9-10,12H2,1-4H3. The van der Waals surface area contributed by atoms with Crippen LogP contribution in [0.2, 0.25) is 0 Å². The number of carbonyl (C=O) groups excluding carboxylic acids is 1. The number of nitrogens with zero attached hydrogens (tertiary/aromatic N) is 2. The van der Waals surface area contributed by atoms with Crippen molar-refractivity contribution in [3.05, 3.63) is 36.4 Å². The molecule has 6 nitrogen and oxygen atoms in total. The summed E-state index contributed by atoms with van der Waals surface area (Å²) in [6.45, 7) is 3.63. The third kappa shape index (κ3) is 5.09. The second-order valence-corrected chi connectivity index (χ2v) is 6.41. The highest BCUT2D eigenvalue weighted by Gasteiger charge is 2.19. The molecule has 0 radical (unpaired) electrons. The van der Waals surface area contributed by atoms with Gasteiger partial charge in [0, 0.05) is 32.0 Å². The molecule has 0 spiro atoms. The van der Waals surface area contributed by atoms with E-state index in [9.17, 15) is 9.90 Å². The number of aryl methyl sites for hydroxylation is 1. The van der Waals surface area contributed by atoms with Gasteiger partial charge in [0.15, 0.2) is 11.7 Å². The number of hydrogen-bond acceptors (Lipinski definition) is 5. The van der Waals surface area contributed by atoms with Gasteiger partial charge in [-0.05, 0) is 38.1 Å². The van der Waals surface area contributed by atoms with Crippen LogP contribution in [-0.4, -0.2) is 47.2 Å². The molecule has 0 aliphatic heterocycles. The van der Waals surface area contributed by atoms with Gasteiger partial charge >= 0.3 is 0 Å². The molecule has 1 aromatic carbocycles. The Morgan fingerprint density at radius 2 is 2.00 bits per heavy atom.